The number of carboxylic acids is 1. The van der Waals surface area contributed by atoms with Crippen LogP contribution >= 0.6 is 0 Å². The summed E-state index contributed by atoms with van der Waals surface area (Å²) in [6.07, 6.45) is 1.74. The van der Waals surface area contributed by atoms with E-state index in [1.54, 1.807) is 25.1 Å². The lowest BCUT2D eigenvalue weighted by Crippen LogP contribution is -2.52. The van der Waals surface area contributed by atoms with E-state index in [2.05, 4.69) is 18.8 Å². The van der Waals surface area contributed by atoms with Crippen LogP contribution in [0.5, 0.6) is 0 Å². The van der Waals surface area contributed by atoms with Crippen molar-refractivity contribution >= 4 is 5.97 Å². The second-order valence-electron chi connectivity index (χ2n) is 7.35. The van der Waals surface area contributed by atoms with Crippen LogP contribution in [0.15, 0.2) is 24.4 Å². The van der Waals surface area contributed by atoms with Crippen molar-refractivity contribution in [1.29, 1.82) is 0 Å². The molecule has 1 atom stereocenters. The van der Waals surface area contributed by atoms with Gasteiger partial charge in [-0.15, -0.1) is 0 Å². The molecule has 5 nitrogen and oxygen atoms in total. The van der Waals surface area contributed by atoms with Gasteiger partial charge in [0.25, 0.3) is 0 Å². The number of hydrogen-bond acceptors (Lipinski definition) is 4. The van der Waals surface area contributed by atoms with Crippen molar-refractivity contribution in [2.24, 2.45) is 5.92 Å². The average Bonchev–Trinajstić information content (AvgIpc) is 2.37. The van der Waals surface area contributed by atoms with Crippen LogP contribution < -0.4 is 0 Å². The zero-order valence-corrected chi connectivity index (χ0v) is 14.6. The van der Waals surface area contributed by atoms with E-state index in [1.807, 2.05) is 39.0 Å². The molecule has 0 radical (unpaired) electrons. The molecule has 0 aliphatic carbocycles. The van der Waals surface area contributed by atoms with E-state index in [-0.39, 0.29) is 17.5 Å². The first-order valence-corrected chi connectivity index (χ1v) is 7.59. The van der Waals surface area contributed by atoms with E-state index in [1.165, 1.54) is 0 Å². The lowest BCUT2D eigenvalue weighted by molar-refractivity contribution is -0.298. The summed E-state index contributed by atoms with van der Waals surface area (Å²) < 4.78 is 0. The number of hydrogen-bond donors (Lipinski definition) is 1. The van der Waals surface area contributed by atoms with Crippen molar-refractivity contribution in [3.05, 3.63) is 30.1 Å². The number of pyridine rings is 1. The van der Waals surface area contributed by atoms with Crippen molar-refractivity contribution in [2.45, 2.75) is 65.6 Å². The summed E-state index contributed by atoms with van der Waals surface area (Å²) in [5.74, 6) is -0.788. The van der Waals surface area contributed by atoms with Gasteiger partial charge in [0.2, 0.25) is 0 Å². The van der Waals surface area contributed by atoms with Gasteiger partial charge < -0.3 is 5.11 Å². The minimum atomic E-state index is -1.31. The van der Waals surface area contributed by atoms with Crippen molar-refractivity contribution in [2.75, 3.05) is 0 Å². The van der Waals surface area contributed by atoms with Crippen molar-refractivity contribution in [1.82, 2.24) is 10.0 Å². The molecule has 0 saturated heterocycles. The molecule has 0 amide bonds. The molecule has 1 unspecified atom stereocenters. The van der Waals surface area contributed by atoms with Gasteiger partial charge in [-0.2, -0.15) is 5.06 Å². The summed E-state index contributed by atoms with van der Waals surface area (Å²) >= 11 is 0. The zero-order valence-electron chi connectivity index (χ0n) is 14.6. The third-order valence-electron chi connectivity index (χ3n) is 3.38. The van der Waals surface area contributed by atoms with Crippen LogP contribution in [0.25, 0.3) is 0 Å². The third kappa shape index (κ3) is 4.52. The number of hydroxylamine groups is 2. The first-order chi connectivity index (χ1) is 9.97. The smallest absolute Gasteiger partial charge is 0.337 e. The fourth-order valence-electron chi connectivity index (χ4n) is 2.18. The monoisotopic (exact) mass is 308 g/mol. The summed E-state index contributed by atoms with van der Waals surface area (Å²) in [6, 6.07) is 5.60. The van der Waals surface area contributed by atoms with Gasteiger partial charge in [0.15, 0.2) is 5.60 Å². The topological polar surface area (TPSA) is 62.7 Å². The molecular formula is C17H28N2O3. The molecule has 1 aromatic heterocycles. The Balaban J connectivity index is 3.27. The number of carbonyl (C=O) groups is 1. The summed E-state index contributed by atoms with van der Waals surface area (Å²) in [7, 11) is 0. The van der Waals surface area contributed by atoms with Crippen LogP contribution in [0.1, 0.15) is 60.2 Å². The number of rotatable bonds is 6. The zero-order chi connectivity index (χ0) is 17.1. The molecule has 5 heteroatoms. The van der Waals surface area contributed by atoms with Gasteiger partial charge in [0.05, 0.1) is 11.7 Å². The summed E-state index contributed by atoms with van der Waals surface area (Å²) in [4.78, 5) is 21.8. The molecule has 0 spiro atoms. The average molecular weight is 308 g/mol. The fraction of sp³-hybridized carbons (Fsp3) is 0.647. The first-order valence-electron chi connectivity index (χ1n) is 7.59. The van der Waals surface area contributed by atoms with Crippen LogP contribution in [0, 0.1) is 5.92 Å². The minimum Gasteiger partial charge on any atom is -0.479 e. The molecule has 0 fully saturated rings. The maximum atomic E-state index is 11.4. The number of aromatic nitrogens is 1. The minimum absolute atomic E-state index is 0.139. The summed E-state index contributed by atoms with van der Waals surface area (Å²) in [6.45, 7) is 13.3. The van der Waals surface area contributed by atoms with Gasteiger partial charge in [-0.05, 0) is 52.7 Å². The second-order valence-corrected chi connectivity index (χ2v) is 7.35. The highest BCUT2D eigenvalue weighted by molar-refractivity contribution is 5.76. The Morgan fingerprint density at radius 3 is 2.18 bits per heavy atom. The van der Waals surface area contributed by atoms with Crippen molar-refractivity contribution in [3.63, 3.8) is 0 Å². The van der Waals surface area contributed by atoms with Gasteiger partial charge in [-0.25, -0.2) is 4.79 Å². The van der Waals surface area contributed by atoms with Crippen LogP contribution in [0.4, 0.5) is 0 Å². The first kappa shape index (κ1) is 18.6. The van der Waals surface area contributed by atoms with Gasteiger partial charge in [-0.1, -0.05) is 19.9 Å². The van der Waals surface area contributed by atoms with Crippen LogP contribution in [-0.4, -0.2) is 32.3 Å². The van der Waals surface area contributed by atoms with Gasteiger partial charge in [-0.3, -0.25) is 9.82 Å². The number of nitrogens with zero attached hydrogens (tertiary/aromatic N) is 2. The predicted molar refractivity (Wildman–Crippen MR) is 86.2 cm³/mol. The highest BCUT2D eigenvalue weighted by Gasteiger charge is 2.40. The molecule has 0 bridgehead atoms. The molecule has 124 valence electrons. The lowest BCUT2D eigenvalue weighted by atomic mass is 9.95. The Morgan fingerprint density at radius 2 is 1.82 bits per heavy atom. The van der Waals surface area contributed by atoms with E-state index < -0.39 is 11.6 Å². The Bertz CT molecular complexity index is 492. The van der Waals surface area contributed by atoms with E-state index in [0.29, 0.717) is 0 Å². The largest absolute Gasteiger partial charge is 0.479 e. The second kappa shape index (κ2) is 6.75. The van der Waals surface area contributed by atoms with Crippen LogP contribution in [-0.2, 0) is 9.63 Å². The molecule has 1 aromatic rings. The number of carboxylic acid groups (broad SMARTS) is 1. The highest BCUT2D eigenvalue weighted by Crippen LogP contribution is 2.35. The standard InChI is InChI=1S/C17H28N2O3/c1-12(2)14(13-10-8-9-11-18-13)19(16(3,4)5)22-17(6,7)15(20)21/h8-12,14H,1-7H3,(H,20,21). The molecule has 0 aliphatic heterocycles. The maximum Gasteiger partial charge on any atom is 0.337 e. The molecule has 1 rings (SSSR count). The Kier molecular flexibility index (Phi) is 5.70. The molecule has 22 heavy (non-hydrogen) atoms. The summed E-state index contributed by atoms with van der Waals surface area (Å²) in [5, 5.41) is 11.2. The van der Waals surface area contributed by atoms with Gasteiger partial charge in [0, 0.05) is 11.7 Å². The highest BCUT2D eigenvalue weighted by atomic mass is 16.7. The SMILES string of the molecule is CC(C)C(c1ccccn1)N(OC(C)(C)C(=O)O)C(C)(C)C. The van der Waals surface area contributed by atoms with Gasteiger partial charge >= 0.3 is 5.97 Å². The summed E-state index contributed by atoms with van der Waals surface area (Å²) in [5.41, 5.74) is -0.817. The predicted octanol–water partition coefficient (Wildman–Crippen LogP) is 3.67. The fourth-order valence-corrected chi connectivity index (χ4v) is 2.18. The Morgan fingerprint density at radius 1 is 1.23 bits per heavy atom. The third-order valence-corrected chi connectivity index (χ3v) is 3.38. The molecule has 0 saturated carbocycles. The van der Waals surface area contributed by atoms with Crippen LogP contribution in [0.2, 0.25) is 0 Å². The Labute approximate surface area is 133 Å². The van der Waals surface area contributed by atoms with Crippen molar-refractivity contribution in [3.8, 4) is 0 Å². The molecular weight excluding hydrogens is 280 g/mol. The van der Waals surface area contributed by atoms with Crippen molar-refractivity contribution < 1.29 is 14.7 Å². The molecule has 0 aliphatic rings. The Hall–Kier alpha value is -1.46. The molecule has 1 N–H and O–H groups in total. The molecule has 1 heterocycles. The van der Waals surface area contributed by atoms with E-state index in [4.69, 9.17) is 4.84 Å². The quantitative estimate of drug-likeness (QED) is 0.812. The normalized spacial score (nSPS) is 14.4. The van der Waals surface area contributed by atoms with Gasteiger partial charge in [0.1, 0.15) is 0 Å². The van der Waals surface area contributed by atoms with E-state index in [9.17, 15) is 9.90 Å². The van der Waals surface area contributed by atoms with Crippen LogP contribution in [0.3, 0.4) is 0 Å². The molecule has 0 aromatic carbocycles. The van der Waals surface area contributed by atoms with E-state index >= 15 is 0 Å². The lowest BCUT2D eigenvalue weighted by Gasteiger charge is -2.44. The maximum absolute atomic E-state index is 11.4. The number of aliphatic carboxylic acids is 1. The van der Waals surface area contributed by atoms with E-state index in [0.717, 1.165) is 5.69 Å².